The van der Waals surface area contributed by atoms with Gasteiger partial charge < -0.3 is 117 Å². The van der Waals surface area contributed by atoms with Crippen LogP contribution >= 0.6 is 0 Å². The number of carbonyl (C=O) groups excluding carboxylic acids is 17. The van der Waals surface area contributed by atoms with E-state index in [2.05, 4.69) is 73.8 Å². The second-order valence-corrected chi connectivity index (χ2v) is 31.8. The minimum atomic E-state index is -1.75. The fourth-order valence-corrected chi connectivity index (χ4v) is 13.5. The van der Waals surface area contributed by atoms with Gasteiger partial charge in [0.25, 0.3) is 0 Å². The van der Waals surface area contributed by atoms with Crippen molar-refractivity contribution in [1.29, 1.82) is 0 Å². The highest BCUT2D eigenvalue weighted by molar-refractivity contribution is 6.02. The predicted molar refractivity (Wildman–Crippen MR) is 430 cm³/mol. The lowest BCUT2D eigenvalue weighted by Gasteiger charge is -2.32. The molecule has 2 aromatic rings. The lowest BCUT2D eigenvalue weighted by molar-refractivity contribution is -0.143. The summed E-state index contributed by atoms with van der Waals surface area (Å²) >= 11 is 0. The number of nitrogens with one attached hydrogen (secondary N) is 13. The topological polar surface area (TPSA) is 657 Å². The van der Waals surface area contributed by atoms with E-state index in [0.717, 1.165) is 4.90 Å². The Morgan fingerprint density at radius 3 is 1.43 bits per heavy atom. The van der Waals surface area contributed by atoms with Gasteiger partial charge in [-0.25, -0.2) is 9.78 Å². The number of benzene rings is 1. The zero-order valence-electron chi connectivity index (χ0n) is 69.7. The quantitative estimate of drug-likeness (QED) is 0.0276. The molecule has 25 N–H and O–H groups in total. The van der Waals surface area contributed by atoms with Gasteiger partial charge in [0.05, 0.1) is 25.4 Å². The number of hydrogen-bond acceptors (Lipinski definition) is 22. The molecule has 41 nitrogen and oxygen atoms in total. The Balaban J connectivity index is 1.58. The van der Waals surface area contributed by atoms with Crippen LogP contribution in [0.1, 0.15) is 177 Å². The molecule has 0 saturated carbocycles. The lowest BCUT2D eigenvalue weighted by Crippen LogP contribution is -2.62. The lowest BCUT2D eigenvalue weighted by atomic mass is 9.96. The number of nitrogens with zero attached hydrogens (tertiary/aromatic N) is 3. The molecule has 662 valence electrons. The predicted octanol–water partition coefficient (Wildman–Crippen LogP) is -4.99. The number of carboxylic acids is 1. The Morgan fingerprint density at radius 1 is 0.487 bits per heavy atom. The van der Waals surface area contributed by atoms with Crippen LogP contribution < -0.4 is 92.5 Å². The number of primary amides is 3. The van der Waals surface area contributed by atoms with Crippen LogP contribution in [0.15, 0.2) is 42.9 Å². The summed E-state index contributed by atoms with van der Waals surface area (Å²) in [4.78, 5) is 257. The standard InChI is InChI=1S/C78H125N21O20/c1-12-43(10)63(75(115)90-50(32-39(2)3)68(108)87-48(25-27-57(81)101)67(107)93-54(37-100)70(110)86-44(11)64(104)96-62(42(8)9)78(118)119)97-72(112)56-24-19-31-99(56)76(116)52(34-46-36-84-38-85-46)91-74(114)61(41(6)7)95-69(109)51(33-45-20-14-13-15-21-45)89-66(106)49(26-28-58(82)102)88-71(111)55-23-18-30-98(55)77(117)53(35-59(83)103)92-73(113)60(40(4)5)94-65(105)47(80)22-16-17-29-79/h13-15,20-21,36,38-44,47-56,60-63,100H,12,16-19,22-35,37,79-80H2,1-11H3,(H2,81,101)(H2,82,102)(H2,83,103)(H,84,85)(H,86,110)(H,87,108)(H,88,111)(H,89,106)(H,90,115)(H,91,114)(H,92,113)(H,93,107)(H,94,105)(H,95,109)(H,96,104)(H,97,112)(H,118,119)/t43-,44-,47-,48-,49-,50-,51-,52-,53-,54-,55-,56-,60-,61-,62-,63-/m0/s1. The van der Waals surface area contributed by atoms with Gasteiger partial charge in [0.1, 0.15) is 84.6 Å². The number of aromatic amines is 1. The Morgan fingerprint density at radius 2 is 0.941 bits per heavy atom. The fourth-order valence-electron chi connectivity index (χ4n) is 13.5. The molecule has 2 fully saturated rings. The molecule has 0 aliphatic carbocycles. The molecule has 1 aromatic heterocycles. The zero-order chi connectivity index (χ0) is 89.2. The van der Waals surface area contributed by atoms with Crippen molar-refractivity contribution in [1.82, 2.24) is 83.6 Å². The van der Waals surface area contributed by atoms with Gasteiger partial charge in [0, 0.05) is 50.7 Å². The number of carbonyl (C=O) groups is 18. The van der Waals surface area contributed by atoms with Crippen molar-refractivity contribution >= 4 is 106 Å². The number of H-pyrrole nitrogens is 1. The van der Waals surface area contributed by atoms with Crippen LogP contribution in [0, 0.1) is 29.6 Å². The molecule has 41 heteroatoms. The number of aliphatic carboxylic acids is 1. The van der Waals surface area contributed by atoms with Crippen molar-refractivity contribution in [3.05, 3.63) is 54.1 Å². The number of nitrogens with two attached hydrogens (primary N) is 5. The molecule has 2 aliphatic heterocycles. The average molecular weight is 1680 g/mol. The number of aromatic nitrogens is 2. The number of carboxylic acid groups (broad SMARTS) is 1. The van der Waals surface area contributed by atoms with Crippen LogP contribution in [-0.2, 0) is 99.1 Å². The van der Waals surface area contributed by atoms with Gasteiger partial charge in [0.15, 0.2) is 0 Å². The molecule has 17 amide bonds. The highest BCUT2D eigenvalue weighted by Crippen LogP contribution is 2.24. The molecule has 1 aromatic carbocycles. The normalized spacial score (nSPS) is 17.5. The summed E-state index contributed by atoms with van der Waals surface area (Å²) in [6.07, 6.45) is 1.98. The summed E-state index contributed by atoms with van der Waals surface area (Å²) in [6.45, 7) is 16.9. The molecule has 2 saturated heterocycles. The van der Waals surface area contributed by atoms with Gasteiger partial charge in [-0.1, -0.05) is 112 Å². The van der Waals surface area contributed by atoms with E-state index in [0.29, 0.717) is 30.6 Å². The zero-order valence-corrected chi connectivity index (χ0v) is 69.7. The third kappa shape index (κ3) is 32.2. The Labute approximate surface area is 691 Å². The summed E-state index contributed by atoms with van der Waals surface area (Å²) in [5, 5.41) is 50.5. The van der Waals surface area contributed by atoms with E-state index in [-0.39, 0.29) is 76.8 Å². The smallest absolute Gasteiger partial charge is 0.326 e. The van der Waals surface area contributed by atoms with Crippen LogP contribution in [0.4, 0.5) is 0 Å². The van der Waals surface area contributed by atoms with E-state index in [1.54, 1.807) is 99.6 Å². The molecule has 3 heterocycles. The number of aliphatic hydroxyl groups is 1. The number of imidazole rings is 1. The molecule has 16 atom stereocenters. The van der Waals surface area contributed by atoms with E-state index in [9.17, 15) is 91.7 Å². The van der Waals surface area contributed by atoms with Crippen LogP contribution in [0.5, 0.6) is 0 Å². The van der Waals surface area contributed by atoms with Gasteiger partial charge in [-0.3, -0.25) is 81.5 Å². The third-order valence-corrected chi connectivity index (χ3v) is 20.6. The van der Waals surface area contributed by atoms with E-state index >= 15 is 4.79 Å². The summed E-state index contributed by atoms with van der Waals surface area (Å²) < 4.78 is 0. The van der Waals surface area contributed by atoms with Crippen molar-refractivity contribution in [2.45, 2.75) is 270 Å². The van der Waals surface area contributed by atoms with Crippen molar-refractivity contribution in [3.63, 3.8) is 0 Å². The maximum Gasteiger partial charge on any atom is 0.326 e. The summed E-state index contributed by atoms with van der Waals surface area (Å²) in [7, 11) is 0. The molecule has 4 rings (SSSR count). The Bertz CT molecular complexity index is 3830. The molecule has 2 aliphatic rings. The Hall–Kier alpha value is -11.2. The molecule has 0 unspecified atom stereocenters. The van der Waals surface area contributed by atoms with E-state index < -0.39 is 259 Å². The minimum Gasteiger partial charge on any atom is -0.480 e. The van der Waals surface area contributed by atoms with Crippen molar-refractivity contribution in [2.24, 2.45) is 58.3 Å². The second kappa shape index (κ2) is 49.2. The molecule has 119 heavy (non-hydrogen) atoms. The van der Waals surface area contributed by atoms with Gasteiger partial charge in [-0.2, -0.15) is 0 Å². The first-order chi connectivity index (χ1) is 56.0. The number of aliphatic hydroxyl groups excluding tert-OH is 1. The molecule has 0 radical (unpaired) electrons. The number of likely N-dealkylation sites (tertiary alicyclic amines) is 2. The fraction of sp³-hybridized carbons (Fsp3) is 0.654. The maximum absolute atomic E-state index is 15.2. The first-order valence-corrected chi connectivity index (χ1v) is 40.4. The summed E-state index contributed by atoms with van der Waals surface area (Å²) in [6, 6.07) is -13.1. The second-order valence-electron chi connectivity index (χ2n) is 31.8. The van der Waals surface area contributed by atoms with Crippen LogP contribution in [0.3, 0.4) is 0 Å². The largest absolute Gasteiger partial charge is 0.480 e. The average Bonchev–Trinajstić information content (AvgIpc) is 1.73. The number of rotatable bonds is 51. The number of hydrogen-bond donors (Lipinski definition) is 20. The van der Waals surface area contributed by atoms with E-state index in [4.69, 9.17) is 28.7 Å². The van der Waals surface area contributed by atoms with E-state index in [1.165, 1.54) is 24.3 Å². The van der Waals surface area contributed by atoms with Gasteiger partial charge in [-0.05, 0) is 106 Å². The van der Waals surface area contributed by atoms with E-state index in [1.807, 2.05) is 0 Å². The molecular weight excluding hydrogens is 1550 g/mol. The van der Waals surface area contributed by atoms with Gasteiger partial charge in [-0.15, -0.1) is 0 Å². The third-order valence-electron chi connectivity index (χ3n) is 20.6. The van der Waals surface area contributed by atoms with Crippen molar-refractivity contribution in [3.8, 4) is 0 Å². The highest BCUT2D eigenvalue weighted by atomic mass is 16.4. The van der Waals surface area contributed by atoms with Crippen molar-refractivity contribution < 1.29 is 96.5 Å². The SMILES string of the molecule is CC[C@H](C)[C@H](NC(=O)[C@@H]1CCCN1C(=O)[C@H](Cc1cnc[nH]1)NC(=O)[C@@H](NC(=O)[C@H](Cc1ccccc1)NC(=O)[C@H](CCC(N)=O)NC(=O)[C@@H]1CCCN1C(=O)[C@H](CC(N)=O)NC(=O)[C@@H](NC(=O)[C@@H](N)CCCCN)C(C)C)C(C)C)C(=O)N[C@@H](CC(C)C)C(=O)N[C@@H](CCC(N)=O)C(=O)N[C@@H](CO)C(=O)N[C@@H](C)C(=O)N[C@H](C(=O)O)C(C)C. The van der Waals surface area contributed by atoms with Crippen LogP contribution in [0.25, 0.3) is 0 Å². The first-order valence-electron chi connectivity index (χ1n) is 40.4. The highest BCUT2D eigenvalue weighted by Gasteiger charge is 2.45. The molecule has 0 spiro atoms. The molecule has 0 bridgehead atoms. The van der Waals surface area contributed by atoms with Crippen LogP contribution in [-0.4, -0.2) is 253 Å². The number of amides is 17. The van der Waals surface area contributed by atoms with Crippen LogP contribution in [0.2, 0.25) is 0 Å². The molecular formula is C78H125N21O20. The minimum absolute atomic E-state index is 0.0171. The number of unbranched alkanes of at least 4 members (excludes halogenated alkanes) is 1. The first kappa shape index (κ1) is 100. The Kier molecular flexibility index (Phi) is 41.4. The monoisotopic (exact) mass is 1680 g/mol. The summed E-state index contributed by atoms with van der Waals surface area (Å²) in [5.74, 6) is -19.4. The van der Waals surface area contributed by atoms with Gasteiger partial charge >= 0.3 is 5.97 Å². The van der Waals surface area contributed by atoms with Crippen molar-refractivity contribution in [2.75, 3.05) is 26.2 Å². The summed E-state index contributed by atoms with van der Waals surface area (Å²) in [5.41, 5.74) is 29.1. The van der Waals surface area contributed by atoms with Gasteiger partial charge in [0.2, 0.25) is 100 Å². The maximum atomic E-state index is 15.2.